The summed E-state index contributed by atoms with van der Waals surface area (Å²) in [6.45, 7) is 4.55. The van der Waals surface area contributed by atoms with Gasteiger partial charge in [-0.1, -0.05) is 12.1 Å². The minimum Gasteiger partial charge on any atom is -0.496 e. The Kier molecular flexibility index (Phi) is 4.83. The molecule has 4 nitrogen and oxygen atoms in total. The van der Waals surface area contributed by atoms with Crippen LogP contribution in [0.3, 0.4) is 0 Å². The number of rotatable bonds is 3. The number of amides is 1. The first-order chi connectivity index (χ1) is 10.0. The number of carbonyl (C=O) groups is 1. The van der Waals surface area contributed by atoms with Gasteiger partial charge >= 0.3 is 6.09 Å². The maximum atomic E-state index is 14.0. The lowest BCUT2D eigenvalue weighted by Gasteiger charge is -2.27. The van der Waals surface area contributed by atoms with E-state index in [0.717, 1.165) is 5.57 Å². The first-order valence-electron chi connectivity index (χ1n) is 7.00. The number of methoxy groups -OCH3 is 1. The van der Waals surface area contributed by atoms with E-state index in [1.54, 1.807) is 17.0 Å². The second kappa shape index (κ2) is 6.61. The van der Waals surface area contributed by atoms with Gasteiger partial charge in [0.25, 0.3) is 0 Å². The van der Waals surface area contributed by atoms with Crippen molar-refractivity contribution in [1.82, 2.24) is 4.90 Å². The van der Waals surface area contributed by atoms with Crippen LogP contribution in [-0.4, -0.2) is 37.3 Å². The largest absolute Gasteiger partial charge is 0.496 e. The number of hydrogen-bond acceptors (Lipinski definition) is 3. The predicted molar refractivity (Wildman–Crippen MR) is 78.7 cm³/mol. The molecule has 0 radical (unpaired) electrons. The van der Waals surface area contributed by atoms with Gasteiger partial charge in [-0.2, -0.15) is 0 Å². The van der Waals surface area contributed by atoms with E-state index in [1.807, 2.05) is 19.9 Å². The van der Waals surface area contributed by atoms with Crippen molar-refractivity contribution in [2.24, 2.45) is 0 Å². The Labute approximate surface area is 124 Å². The number of benzene rings is 1. The normalized spacial score (nSPS) is 14.9. The molecule has 0 saturated heterocycles. The molecule has 5 heteroatoms. The molecular weight excluding hydrogens is 273 g/mol. The lowest BCUT2D eigenvalue weighted by Crippen LogP contribution is -2.36. The summed E-state index contributed by atoms with van der Waals surface area (Å²) in [5, 5.41) is 0. The summed E-state index contributed by atoms with van der Waals surface area (Å²) in [6.07, 6.45) is 1.95. The molecule has 1 aliphatic heterocycles. The van der Waals surface area contributed by atoms with Crippen LogP contribution in [0.5, 0.6) is 5.75 Å². The fraction of sp³-hybridized carbons (Fsp3) is 0.438. The lowest BCUT2D eigenvalue weighted by molar-refractivity contribution is 0.0799. The van der Waals surface area contributed by atoms with Crippen LogP contribution in [0.4, 0.5) is 9.18 Å². The molecule has 0 saturated carbocycles. The number of carbonyl (C=O) groups excluding carboxylic acids is 1. The van der Waals surface area contributed by atoms with E-state index < -0.39 is 0 Å². The third-order valence-corrected chi connectivity index (χ3v) is 3.32. The summed E-state index contributed by atoms with van der Waals surface area (Å²) >= 11 is 0. The quantitative estimate of drug-likeness (QED) is 0.856. The number of nitrogens with zero attached hydrogens (tertiary/aromatic N) is 1. The molecule has 0 spiro atoms. The van der Waals surface area contributed by atoms with Gasteiger partial charge in [-0.05, 0) is 38.0 Å². The molecule has 0 bridgehead atoms. The first-order valence-corrected chi connectivity index (χ1v) is 7.00. The van der Waals surface area contributed by atoms with Gasteiger partial charge in [-0.3, -0.25) is 0 Å². The van der Waals surface area contributed by atoms with E-state index in [-0.39, 0.29) is 18.0 Å². The van der Waals surface area contributed by atoms with Crippen molar-refractivity contribution in [1.29, 1.82) is 0 Å². The highest BCUT2D eigenvalue weighted by atomic mass is 19.1. The SMILES string of the molecule is COc1cccc(F)c1C1=CCN(C(=O)OC(C)C)CC1. The molecule has 1 amide bonds. The van der Waals surface area contributed by atoms with Crippen molar-refractivity contribution in [3.8, 4) is 5.75 Å². The molecule has 0 unspecified atom stereocenters. The van der Waals surface area contributed by atoms with E-state index in [4.69, 9.17) is 9.47 Å². The highest BCUT2D eigenvalue weighted by molar-refractivity contribution is 5.75. The van der Waals surface area contributed by atoms with E-state index in [1.165, 1.54) is 13.2 Å². The highest BCUT2D eigenvalue weighted by Crippen LogP contribution is 2.32. The van der Waals surface area contributed by atoms with Crippen LogP contribution in [0.15, 0.2) is 24.3 Å². The minimum atomic E-state index is -0.333. The van der Waals surface area contributed by atoms with Crippen LogP contribution in [0, 0.1) is 5.82 Å². The maximum Gasteiger partial charge on any atom is 0.410 e. The van der Waals surface area contributed by atoms with Crippen molar-refractivity contribution in [2.45, 2.75) is 26.4 Å². The zero-order valence-electron chi connectivity index (χ0n) is 12.6. The minimum absolute atomic E-state index is 0.144. The standard InChI is InChI=1S/C16H20FNO3/c1-11(2)21-16(19)18-9-7-12(8-10-18)15-13(17)5-4-6-14(15)20-3/h4-7,11H,8-10H2,1-3H3. The molecule has 114 valence electrons. The van der Waals surface area contributed by atoms with Crippen molar-refractivity contribution < 1.29 is 18.7 Å². The van der Waals surface area contributed by atoms with Crippen LogP contribution < -0.4 is 4.74 Å². The van der Waals surface area contributed by atoms with E-state index in [9.17, 15) is 9.18 Å². The monoisotopic (exact) mass is 293 g/mol. The van der Waals surface area contributed by atoms with Crippen LogP contribution in [-0.2, 0) is 4.74 Å². The summed E-state index contributed by atoms with van der Waals surface area (Å²) in [5.74, 6) is 0.207. The molecule has 1 heterocycles. The summed E-state index contributed by atoms with van der Waals surface area (Å²) < 4.78 is 24.4. The van der Waals surface area contributed by atoms with Gasteiger partial charge in [0.05, 0.1) is 18.8 Å². The van der Waals surface area contributed by atoms with Gasteiger partial charge in [-0.25, -0.2) is 9.18 Å². The molecule has 0 atom stereocenters. The topological polar surface area (TPSA) is 38.8 Å². The van der Waals surface area contributed by atoms with Gasteiger partial charge in [0.2, 0.25) is 0 Å². The average molecular weight is 293 g/mol. The van der Waals surface area contributed by atoms with Crippen LogP contribution in [0.1, 0.15) is 25.8 Å². The third kappa shape index (κ3) is 3.54. The van der Waals surface area contributed by atoms with Crippen molar-refractivity contribution in [3.63, 3.8) is 0 Å². The van der Waals surface area contributed by atoms with Crippen LogP contribution in [0.25, 0.3) is 5.57 Å². The molecule has 1 aromatic carbocycles. The van der Waals surface area contributed by atoms with E-state index >= 15 is 0 Å². The number of hydrogen-bond donors (Lipinski definition) is 0. The molecule has 2 rings (SSSR count). The summed E-state index contributed by atoms with van der Waals surface area (Å²) in [5.41, 5.74) is 1.34. The van der Waals surface area contributed by atoms with Gasteiger partial charge in [0.1, 0.15) is 11.6 Å². The van der Waals surface area contributed by atoms with Crippen LogP contribution in [0.2, 0.25) is 0 Å². The Morgan fingerprint density at radius 3 is 2.71 bits per heavy atom. The Morgan fingerprint density at radius 1 is 1.38 bits per heavy atom. The Hall–Kier alpha value is -2.04. The fourth-order valence-corrected chi connectivity index (χ4v) is 2.32. The lowest BCUT2D eigenvalue weighted by atomic mass is 9.98. The molecule has 0 fully saturated rings. The van der Waals surface area contributed by atoms with Gasteiger partial charge in [0.15, 0.2) is 0 Å². The Bertz CT molecular complexity index is 554. The zero-order chi connectivity index (χ0) is 15.4. The Morgan fingerprint density at radius 2 is 2.14 bits per heavy atom. The van der Waals surface area contributed by atoms with E-state index in [2.05, 4.69) is 0 Å². The van der Waals surface area contributed by atoms with Gasteiger partial charge < -0.3 is 14.4 Å². The highest BCUT2D eigenvalue weighted by Gasteiger charge is 2.22. The second-order valence-electron chi connectivity index (χ2n) is 5.17. The average Bonchev–Trinajstić information content (AvgIpc) is 2.46. The Balaban J connectivity index is 2.15. The molecule has 1 aliphatic rings. The molecule has 1 aromatic rings. The van der Waals surface area contributed by atoms with Crippen molar-refractivity contribution in [3.05, 3.63) is 35.7 Å². The second-order valence-corrected chi connectivity index (χ2v) is 5.17. The summed E-state index contributed by atoms with van der Waals surface area (Å²) in [4.78, 5) is 13.4. The van der Waals surface area contributed by atoms with Gasteiger partial charge in [0, 0.05) is 13.1 Å². The number of ether oxygens (including phenoxy) is 2. The van der Waals surface area contributed by atoms with Gasteiger partial charge in [-0.15, -0.1) is 0 Å². The zero-order valence-corrected chi connectivity index (χ0v) is 12.6. The van der Waals surface area contributed by atoms with Crippen molar-refractivity contribution in [2.75, 3.05) is 20.2 Å². The summed E-state index contributed by atoms with van der Waals surface area (Å²) in [6, 6.07) is 4.77. The predicted octanol–water partition coefficient (Wildman–Crippen LogP) is 3.47. The van der Waals surface area contributed by atoms with E-state index in [0.29, 0.717) is 30.8 Å². The summed E-state index contributed by atoms with van der Waals surface area (Å²) in [7, 11) is 1.52. The van der Waals surface area contributed by atoms with Crippen molar-refractivity contribution >= 4 is 11.7 Å². The van der Waals surface area contributed by atoms with Crippen LogP contribution >= 0.6 is 0 Å². The molecule has 0 aliphatic carbocycles. The molecule has 21 heavy (non-hydrogen) atoms. The maximum absolute atomic E-state index is 14.0. The number of halogens is 1. The smallest absolute Gasteiger partial charge is 0.410 e. The molecule has 0 aromatic heterocycles. The molecular formula is C16H20FNO3. The molecule has 0 N–H and O–H groups in total. The first kappa shape index (κ1) is 15.4. The third-order valence-electron chi connectivity index (χ3n) is 3.32. The fourth-order valence-electron chi connectivity index (χ4n) is 2.32.